The van der Waals surface area contributed by atoms with Gasteiger partial charge in [-0.3, -0.25) is 0 Å². The van der Waals surface area contributed by atoms with Crippen LogP contribution >= 0.6 is 11.8 Å². The lowest BCUT2D eigenvalue weighted by Crippen LogP contribution is -1.79. The Hall–Kier alpha value is -0.540. The van der Waals surface area contributed by atoms with Crippen LogP contribution in [0.1, 0.15) is 0 Å². The Morgan fingerprint density at radius 2 is 1.90 bits per heavy atom. The summed E-state index contributed by atoms with van der Waals surface area (Å²) in [6, 6.07) is 9.68. The highest BCUT2D eigenvalue weighted by molar-refractivity contribution is 8.26. The van der Waals surface area contributed by atoms with Crippen LogP contribution in [-0.4, -0.2) is 4.38 Å². The minimum absolute atomic E-state index is 0.214. The minimum atomic E-state index is 0.214. The quantitative estimate of drug-likeness (QED) is 0.301. The van der Waals surface area contributed by atoms with Crippen molar-refractivity contribution in [1.29, 1.82) is 5.41 Å². The Labute approximate surface area is 69.8 Å². The van der Waals surface area contributed by atoms with Gasteiger partial charge in [-0.05, 0) is 12.1 Å². The van der Waals surface area contributed by atoms with Crippen molar-refractivity contribution in [2.24, 2.45) is 0 Å². The van der Waals surface area contributed by atoms with E-state index in [0.717, 1.165) is 4.90 Å². The number of hydrogen-bond donors (Lipinski definition) is 1. The van der Waals surface area contributed by atoms with Crippen LogP contribution in [-0.2, 0) is 12.6 Å². The molecule has 10 heavy (non-hydrogen) atoms. The Kier molecular flexibility index (Phi) is 2.71. The molecule has 0 fully saturated rings. The van der Waals surface area contributed by atoms with Gasteiger partial charge in [-0.25, -0.2) is 0 Å². The largest absolute Gasteiger partial charge is 0.754 e. The van der Waals surface area contributed by atoms with E-state index in [0.29, 0.717) is 0 Å². The monoisotopic (exact) mass is 168 g/mol. The Balaban J connectivity index is 2.67. The third-order valence-electron chi connectivity index (χ3n) is 0.954. The fourth-order valence-electron chi connectivity index (χ4n) is 0.596. The van der Waals surface area contributed by atoms with Gasteiger partial charge in [0.2, 0.25) is 0 Å². The van der Waals surface area contributed by atoms with E-state index in [-0.39, 0.29) is 4.38 Å². The van der Waals surface area contributed by atoms with Gasteiger partial charge in [0.1, 0.15) is 0 Å². The van der Waals surface area contributed by atoms with Crippen LogP contribution in [0.2, 0.25) is 0 Å². The molecule has 0 aliphatic carbocycles. The minimum Gasteiger partial charge on any atom is -0.754 e. The Morgan fingerprint density at radius 1 is 1.30 bits per heavy atom. The summed E-state index contributed by atoms with van der Waals surface area (Å²) >= 11 is 5.90. The molecule has 0 radical (unpaired) electrons. The van der Waals surface area contributed by atoms with E-state index in [1.807, 2.05) is 30.3 Å². The van der Waals surface area contributed by atoms with E-state index in [1.165, 1.54) is 11.8 Å². The molecule has 0 bridgehead atoms. The lowest BCUT2D eigenvalue weighted by molar-refractivity contribution is 1.47. The summed E-state index contributed by atoms with van der Waals surface area (Å²) in [5.74, 6) is 0. The van der Waals surface area contributed by atoms with E-state index in [4.69, 9.17) is 5.41 Å². The van der Waals surface area contributed by atoms with Gasteiger partial charge in [-0.1, -0.05) is 34.3 Å². The van der Waals surface area contributed by atoms with Gasteiger partial charge >= 0.3 is 0 Å². The number of benzene rings is 1. The van der Waals surface area contributed by atoms with Gasteiger partial charge in [0.05, 0.1) is 0 Å². The smallest absolute Gasteiger partial charge is 0.0116 e. The maximum atomic E-state index is 7.01. The molecule has 1 N–H and O–H groups in total. The van der Waals surface area contributed by atoms with Crippen LogP contribution in [0, 0.1) is 5.41 Å². The molecule has 0 spiro atoms. The second kappa shape index (κ2) is 3.58. The van der Waals surface area contributed by atoms with Crippen molar-refractivity contribution in [3.8, 4) is 0 Å². The Bertz CT molecular complexity index is 220. The van der Waals surface area contributed by atoms with Crippen molar-refractivity contribution in [2.75, 3.05) is 0 Å². The summed E-state index contributed by atoms with van der Waals surface area (Å²) in [5.41, 5.74) is 0. The molecule has 0 atom stereocenters. The van der Waals surface area contributed by atoms with Crippen molar-refractivity contribution in [1.82, 2.24) is 0 Å². The number of thioether (sulfide) groups is 1. The average Bonchev–Trinajstić information content (AvgIpc) is 1.88. The first kappa shape index (κ1) is 7.57. The predicted molar refractivity (Wildman–Crippen MR) is 47.4 cm³/mol. The number of nitrogens with one attached hydrogen (secondary N) is 1. The highest BCUT2D eigenvalue weighted by Gasteiger charge is 1.86. The first-order valence-electron chi connectivity index (χ1n) is 2.77. The van der Waals surface area contributed by atoms with E-state index in [9.17, 15) is 0 Å². The molecule has 0 aliphatic rings. The first-order chi connectivity index (χ1) is 4.79. The van der Waals surface area contributed by atoms with Gasteiger partial charge in [0.15, 0.2) is 0 Å². The van der Waals surface area contributed by atoms with Crippen molar-refractivity contribution < 1.29 is 0 Å². The molecule has 1 nitrogen and oxygen atoms in total. The maximum Gasteiger partial charge on any atom is 0.0116 e. The molecule has 1 aromatic rings. The van der Waals surface area contributed by atoms with Crippen LogP contribution in [0.4, 0.5) is 0 Å². The van der Waals surface area contributed by atoms with E-state index >= 15 is 0 Å². The predicted octanol–water partition coefficient (Wildman–Crippen LogP) is 2.26. The molecule has 52 valence electrons. The maximum absolute atomic E-state index is 7.01. The SMILES string of the molecule is N=C([S-])Sc1ccccc1. The van der Waals surface area contributed by atoms with Crippen molar-refractivity contribution in [3.05, 3.63) is 30.3 Å². The van der Waals surface area contributed by atoms with E-state index in [2.05, 4.69) is 12.6 Å². The first-order valence-corrected chi connectivity index (χ1v) is 4.00. The summed E-state index contributed by atoms with van der Waals surface area (Å²) in [6.45, 7) is 0. The summed E-state index contributed by atoms with van der Waals surface area (Å²) in [6.07, 6.45) is 0. The third-order valence-corrected chi connectivity index (χ3v) is 1.90. The van der Waals surface area contributed by atoms with Crippen molar-refractivity contribution >= 4 is 28.8 Å². The summed E-state index contributed by atoms with van der Waals surface area (Å²) in [7, 11) is 0. The van der Waals surface area contributed by atoms with Crippen LogP contribution in [0.15, 0.2) is 35.2 Å². The van der Waals surface area contributed by atoms with E-state index in [1.54, 1.807) is 0 Å². The molecule has 0 saturated carbocycles. The highest BCUT2D eigenvalue weighted by Crippen LogP contribution is 2.16. The zero-order valence-corrected chi connectivity index (χ0v) is 6.84. The zero-order chi connectivity index (χ0) is 7.40. The second-order valence-corrected chi connectivity index (χ2v) is 3.45. The molecule has 1 rings (SSSR count). The van der Waals surface area contributed by atoms with Gasteiger partial charge in [-0.2, -0.15) is 0 Å². The lowest BCUT2D eigenvalue weighted by atomic mass is 10.4. The molecule has 0 amide bonds. The fraction of sp³-hybridized carbons (Fsp3) is 0. The molecule has 3 heteroatoms. The van der Waals surface area contributed by atoms with E-state index < -0.39 is 0 Å². The molecule has 0 heterocycles. The lowest BCUT2D eigenvalue weighted by Gasteiger charge is -2.04. The average molecular weight is 168 g/mol. The topological polar surface area (TPSA) is 23.9 Å². The van der Waals surface area contributed by atoms with Crippen molar-refractivity contribution in [3.63, 3.8) is 0 Å². The fourth-order valence-corrected chi connectivity index (χ4v) is 1.39. The molecular formula is C7H6NS2-. The number of rotatable bonds is 1. The molecule has 0 aromatic heterocycles. The zero-order valence-electron chi connectivity index (χ0n) is 5.20. The second-order valence-electron chi connectivity index (χ2n) is 1.70. The summed E-state index contributed by atoms with van der Waals surface area (Å²) < 4.78 is 0.214. The van der Waals surface area contributed by atoms with Gasteiger partial charge in [-0.15, -0.1) is 0 Å². The standard InChI is InChI=1S/C7H7NS2/c8-7(9)10-6-4-2-1-3-5-6/h1-5H,(H2,8,9)/p-1. The van der Waals surface area contributed by atoms with Crippen LogP contribution < -0.4 is 0 Å². The number of hydrogen-bond acceptors (Lipinski definition) is 3. The molecule has 0 unspecified atom stereocenters. The van der Waals surface area contributed by atoms with Gasteiger partial charge < -0.3 is 18.0 Å². The molecule has 1 aromatic carbocycles. The molecule has 0 aliphatic heterocycles. The molecular weight excluding hydrogens is 162 g/mol. The molecule has 0 saturated heterocycles. The summed E-state index contributed by atoms with van der Waals surface area (Å²) in [4.78, 5) is 1.03. The Morgan fingerprint density at radius 3 is 2.40 bits per heavy atom. The third kappa shape index (κ3) is 2.37. The van der Waals surface area contributed by atoms with Gasteiger partial charge in [0, 0.05) is 4.90 Å². The highest BCUT2D eigenvalue weighted by atomic mass is 32.2. The summed E-state index contributed by atoms with van der Waals surface area (Å²) in [5, 5.41) is 7.01. The van der Waals surface area contributed by atoms with Crippen LogP contribution in [0.25, 0.3) is 0 Å². The van der Waals surface area contributed by atoms with Crippen LogP contribution in [0.5, 0.6) is 0 Å². The van der Waals surface area contributed by atoms with Crippen LogP contribution in [0.3, 0.4) is 0 Å². The van der Waals surface area contributed by atoms with Gasteiger partial charge in [0.25, 0.3) is 0 Å². The van der Waals surface area contributed by atoms with Crippen molar-refractivity contribution in [2.45, 2.75) is 4.90 Å². The normalized spacial score (nSPS) is 9.20.